The zero-order valence-corrected chi connectivity index (χ0v) is 11.5. The summed E-state index contributed by atoms with van der Waals surface area (Å²) in [5.41, 5.74) is 8.17. The Labute approximate surface area is 107 Å². The van der Waals surface area contributed by atoms with E-state index in [4.69, 9.17) is 11.1 Å². The Balaban J connectivity index is 2.84. The molecule has 0 amide bonds. The average Bonchev–Trinajstić information content (AvgIpc) is 2.28. The number of aryl methyl sites for hydroxylation is 1. The molecule has 0 spiro atoms. The molecule has 0 aliphatic carbocycles. The summed E-state index contributed by atoms with van der Waals surface area (Å²) in [5, 5.41) is 16.7. The van der Waals surface area contributed by atoms with Crippen LogP contribution in [-0.4, -0.2) is 21.8 Å². The van der Waals surface area contributed by atoms with E-state index in [0.29, 0.717) is 0 Å². The highest BCUT2D eigenvalue weighted by atomic mass is 32.2. The molecule has 3 N–H and O–H groups in total. The first-order chi connectivity index (χ1) is 8.07. The lowest BCUT2D eigenvalue weighted by atomic mass is 10.1. The number of unbranched alkanes of at least 4 members (excludes halogenated alkanes) is 2. The number of amidine groups is 1. The number of thioether (sulfide) groups is 1. The Bertz CT molecular complexity index is 404. The molecule has 1 aromatic rings. The molecule has 4 nitrogen and oxygen atoms in total. The van der Waals surface area contributed by atoms with Crippen LogP contribution in [0.5, 0.6) is 0 Å². The van der Waals surface area contributed by atoms with Gasteiger partial charge in [-0.25, -0.2) is 0 Å². The van der Waals surface area contributed by atoms with Crippen molar-refractivity contribution in [1.82, 2.24) is 10.2 Å². The van der Waals surface area contributed by atoms with Gasteiger partial charge in [0, 0.05) is 0 Å². The Morgan fingerprint density at radius 2 is 2.00 bits per heavy atom. The van der Waals surface area contributed by atoms with Crippen LogP contribution in [-0.2, 0) is 0 Å². The second-order valence-corrected chi connectivity index (χ2v) is 5.14. The summed E-state index contributed by atoms with van der Waals surface area (Å²) in [5.74, 6) is 1.09. The zero-order valence-electron chi connectivity index (χ0n) is 10.7. The highest BCUT2D eigenvalue weighted by Crippen LogP contribution is 2.24. The SMILES string of the molecule is CCCCCSc1nnc(C)c(C)c1C(=N)N. The maximum absolute atomic E-state index is 7.63. The molecule has 1 heterocycles. The third-order valence-electron chi connectivity index (χ3n) is 2.68. The first kappa shape index (κ1) is 14.0. The van der Waals surface area contributed by atoms with Crippen molar-refractivity contribution in [3.63, 3.8) is 0 Å². The van der Waals surface area contributed by atoms with Crippen LogP contribution < -0.4 is 5.73 Å². The van der Waals surface area contributed by atoms with E-state index in [9.17, 15) is 0 Å². The van der Waals surface area contributed by atoms with Crippen molar-refractivity contribution in [2.75, 3.05) is 5.75 Å². The zero-order chi connectivity index (χ0) is 12.8. The van der Waals surface area contributed by atoms with E-state index in [0.717, 1.165) is 34.0 Å². The normalized spacial score (nSPS) is 10.5. The van der Waals surface area contributed by atoms with E-state index in [2.05, 4.69) is 17.1 Å². The number of aromatic nitrogens is 2. The van der Waals surface area contributed by atoms with E-state index in [1.165, 1.54) is 12.8 Å². The molecule has 0 radical (unpaired) electrons. The van der Waals surface area contributed by atoms with E-state index in [1.807, 2.05) is 13.8 Å². The topological polar surface area (TPSA) is 75.7 Å². The Morgan fingerprint density at radius 3 is 2.59 bits per heavy atom. The summed E-state index contributed by atoms with van der Waals surface area (Å²) in [6.45, 7) is 6.01. The number of nitrogen functional groups attached to an aromatic ring is 1. The lowest BCUT2D eigenvalue weighted by molar-refractivity contribution is 0.776. The van der Waals surface area contributed by atoms with Crippen LogP contribution in [0.2, 0.25) is 0 Å². The molecule has 0 fully saturated rings. The van der Waals surface area contributed by atoms with Gasteiger partial charge < -0.3 is 5.73 Å². The second-order valence-electron chi connectivity index (χ2n) is 4.06. The number of nitrogens with two attached hydrogens (primary N) is 1. The number of hydrogen-bond donors (Lipinski definition) is 2. The van der Waals surface area contributed by atoms with Crippen molar-refractivity contribution in [2.24, 2.45) is 5.73 Å². The minimum Gasteiger partial charge on any atom is -0.384 e. The first-order valence-corrected chi connectivity index (χ1v) is 6.87. The van der Waals surface area contributed by atoms with Crippen molar-refractivity contribution in [1.29, 1.82) is 5.41 Å². The van der Waals surface area contributed by atoms with Crippen molar-refractivity contribution in [3.8, 4) is 0 Å². The van der Waals surface area contributed by atoms with Crippen LogP contribution in [0.3, 0.4) is 0 Å². The molecule has 0 saturated heterocycles. The molecular weight excluding hydrogens is 232 g/mol. The summed E-state index contributed by atoms with van der Waals surface area (Å²) < 4.78 is 0. The predicted molar refractivity (Wildman–Crippen MR) is 72.8 cm³/mol. The standard InChI is InChI=1S/C12H20N4S/c1-4-5-6-7-17-12-10(11(13)14)8(2)9(3)15-16-12/h4-7H2,1-3H3,(H3,13,14). The van der Waals surface area contributed by atoms with Crippen molar-refractivity contribution in [2.45, 2.75) is 45.1 Å². The summed E-state index contributed by atoms with van der Waals surface area (Å²) in [6.07, 6.45) is 3.59. The molecule has 0 atom stereocenters. The third kappa shape index (κ3) is 3.70. The minimum atomic E-state index is 0.0819. The molecule has 0 unspecified atom stereocenters. The number of hydrogen-bond acceptors (Lipinski definition) is 4. The molecule has 17 heavy (non-hydrogen) atoms. The molecule has 0 aliphatic heterocycles. The van der Waals surface area contributed by atoms with Gasteiger partial charge in [0.25, 0.3) is 0 Å². The highest BCUT2D eigenvalue weighted by Gasteiger charge is 2.13. The van der Waals surface area contributed by atoms with Gasteiger partial charge in [0.15, 0.2) is 0 Å². The average molecular weight is 252 g/mol. The minimum absolute atomic E-state index is 0.0819. The third-order valence-corrected chi connectivity index (χ3v) is 3.73. The molecule has 1 aromatic heterocycles. The van der Waals surface area contributed by atoms with Gasteiger partial charge in [-0.05, 0) is 31.6 Å². The second kappa shape index (κ2) is 6.59. The molecular formula is C12H20N4S. The smallest absolute Gasteiger partial charge is 0.130 e. The number of nitrogens with zero attached hydrogens (tertiary/aromatic N) is 2. The lowest BCUT2D eigenvalue weighted by Crippen LogP contribution is -2.17. The summed E-state index contributed by atoms with van der Waals surface area (Å²) >= 11 is 1.64. The van der Waals surface area contributed by atoms with Gasteiger partial charge in [0.2, 0.25) is 0 Å². The van der Waals surface area contributed by atoms with Crippen LogP contribution >= 0.6 is 11.8 Å². The van der Waals surface area contributed by atoms with Gasteiger partial charge in [0.05, 0.1) is 11.3 Å². The Kier molecular flexibility index (Phi) is 5.41. The molecule has 94 valence electrons. The van der Waals surface area contributed by atoms with Crippen molar-refractivity contribution in [3.05, 3.63) is 16.8 Å². The number of rotatable bonds is 6. The predicted octanol–water partition coefficient (Wildman–Crippen LogP) is 2.66. The monoisotopic (exact) mass is 252 g/mol. The largest absolute Gasteiger partial charge is 0.384 e. The van der Waals surface area contributed by atoms with Crippen LogP contribution in [0.1, 0.15) is 43.0 Å². The molecule has 0 aliphatic rings. The highest BCUT2D eigenvalue weighted by molar-refractivity contribution is 7.99. The summed E-state index contributed by atoms with van der Waals surface area (Å²) in [7, 11) is 0. The Hall–Kier alpha value is -1.10. The first-order valence-electron chi connectivity index (χ1n) is 5.89. The van der Waals surface area contributed by atoms with E-state index >= 15 is 0 Å². The Morgan fingerprint density at radius 1 is 1.29 bits per heavy atom. The molecule has 0 saturated carbocycles. The number of nitrogens with one attached hydrogen (secondary N) is 1. The van der Waals surface area contributed by atoms with Gasteiger partial charge in [0.1, 0.15) is 10.9 Å². The molecule has 1 rings (SSSR count). The quantitative estimate of drug-likeness (QED) is 0.353. The van der Waals surface area contributed by atoms with Gasteiger partial charge in [-0.15, -0.1) is 16.9 Å². The van der Waals surface area contributed by atoms with Gasteiger partial charge in [-0.2, -0.15) is 5.10 Å². The van der Waals surface area contributed by atoms with E-state index in [-0.39, 0.29) is 5.84 Å². The maximum atomic E-state index is 7.63. The van der Waals surface area contributed by atoms with Gasteiger partial charge in [-0.3, -0.25) is 5.41 Å². The van der Waals surface area contributed by atoms with Gasteiger partial charge in [-0.1, -0.05) is 19.8 Å². The fraction of sp³-hybridized carbons (Fsp3) is 0.583. The summed E-state index contributed by atoms with van der Waals surface area (Å²) in [6, 6.07) is 0. The van der Waals surface area contributed by atoms with Crippen LogP contribution in [0.15, 0.2) is 5.03 Å². The van der Waals surface area contributed by atoms with Crippen LogP contribution in [0.25, 0.3) is 0 Å². The fourth-order valence-corrected chi connectivity index (χ4v) is 2.57. The fourth-order valence-electron chi connectivity index (χ4n) is 1.53. The van der Waals surface area contributed by atoms with E-state index < -0.39 is 0 Å². The lowest BCUT2D eigenvalue weighted by Gasteiger charge is -2.10. The maximum Gasteiger partial charge on any atom is 0.130 e. The van der Waals surface area contributed by atoms with Crippen LogP contribution in [0.4, 0.5) is 0 Å². The molecule has 0 bridgehead atoms. The van der Waals surface area contributed by atoms with E-state index in [1.54, 1.807) is 11.8 Å². The molecule has 0 aromatic carbocycles. The van der Waals surface area contributed by atoms with Crippen molar-refractivity contribution >= 4 is 17.6 Å². The van der Waals surface area contributed by atoms with Gasteiger partial charge >= 0.3 is 0 Å². The summed E-state index contributed by atoms with van der Waals surface area (Å²) in [4.78, 5) is 0. The molecule has 5 heteroatoms. The van der Waals surface area contributed by atoms with Crippen LogP contribution in [0, 0.1) is 19.3 Å². The van der Waals surface area contributed by atoms with Crippen molar-refractivity contribution < 1.29 is 0 Å².